The number of hydrogen-bond donors (Lipinski definition) is 1. The molecule has 1 N–H and O–H groups in total. The van der Waals surface area contributed by atoms with Crippen LogP contribution in [0.15, 0.2) is 36.4 Å². The molecule has 0 radical (unpaired) electrons. The molecule has 7 heteroatoms. The molecule has 1 saturated carbocycles. The molecule has 0 bridgehead atoms. The van der Waals surface area contributed by atoms with Crippen molar-refractivity contribution < 1.29 is 13.6 Å². The van der Waals surface area contributed by atoms with Gasteiger partial charge in [-0.3, -0.25) is 4.79 Å². The number of aryl methyl sites for hydroxylation is 1. The molecule has 1 amide bonds. The number of hydrogen-bond acceptors (Lipinski definition) is 3. The third kappa shape index (κ3) is 6.95. The van der Waals surface area contributed by atoms with Gasteiger partial charge in [-0.2, -0.15) is 0 Å². The second-order valence-electron chi connectivity index (χ2n) is 10.8. The standard InChI is InChI=1S/C30H40F2N4O/c1-4-15-36-28-12-9-23(18-33-14-13-22-7-5-6-8-22)16-27(28)34-29(36)20-35(19-21(2)3)30(37)25-17-24(31)10-11-26(25)32/h9-12,16-17,21-22,33H,4-8,13-15,18-20H2,1-3H3. The van der Waals surface area contributed by atoms with Crippen LogP contribution in [0.5, 0.6) is 0 Å². The highest BCUT2D eigenvalue weighted by molar-refractivity contribution is 5.94. The molecule has 2 aromatic carbocycles. The molecule has 5 nitrogen and oxygen atoms in total. The zero-order chi connectivity index (χ0) is 26.4. The average Bonchev–Trinajstić information content (AvgIpc) is 3.50. The maximum atomic E-state index is 14.4. The van der Waals surface area contributed by atoms with Gasteiger partial charge in [0.25, 0.3) is 5.91 Å². The van der Waals surface area contributed by atoms with Gasteiger partial charge in [0.1, 0.15) is 17.5 Å². The van der Waals surface area contributed by atoms with Crippen LogP contribution in [0.3, 0.4) is 0 Å². The molecule has 0 aliphatic heterocycles. The van der Waals surface area contributed by atoms with E-state index in [1.807, 2.05) is 13.8 Å². The summed E-state index contributed by atoms with van der Waals surface area (Å²) in [7, 11) is 0. The van der Waals surface area contributed by atoms with Crippen LogP contribution in [-0.4, -0.2) is 33.4 Å². The first-order chi connectivity index (χ1) is 17.9. The Morgan fingerprint density at radius 1 is 1.16 bits per heavy atom. The number of benzene rings is 2. The lowest BCUT2D eigenvalue weighted by molar-refractivity contribution is 0.0711. The van der Waals surface area contributed by atoms with Crippen molar-refractivity contribution in [2.24, 2.45) is 11.8 Å². The molecule has 4 rings (SSSR count). The van der Waals surface area contributed by atoms with Crippen LogP contribution in [0.1, 0.15) is 81.0 Å². The van der Waals surface area contributed by atoms with Crippen LogP contribution in [-0.2, 0) is 19.6 Å². The molecule has 1 aliphatic rings. The summed E-state index contributed by atoms with van der Waals surface area (Å²) in [6, 6.07) is 9.38. The van der Waals surface area contributed by atoms with E-state index in [0.29, 0.717) is 6.54 Å². The predicted molar refractivity (Wildman–Crippen MR) is 144 cm³/mol. The first-order valence-corrected chi connectivity index (χ1v) is 13.8. The Bertz CT molecular complexity index is 1200. The summed E-state index contributed by atoms with van der Waals surface area (Å²) in [6.07, 6.45) is 7.65. The van der Waals surface area contributed by atoms with Gasteiger partial charge in [0.2, 0.25) is 0 Å². The van der Waals surface area contributed by atoms with Crippen molar-refractivity contribution in [3.8, 4) is 0 Å². The van der Waals surface area contributed by atoms with E-state index in [4.69, 9.17) is 4.98 Å². The summed E-state index contributed by atoms with van der Waals surface area (Å²) in [5, 5.41) is 3.58. The Hall–Kier alpha value is -2.80. The molecule has 1 fully saturated rings. The van der Waals surface area contributed by atoms with E-state index < -0.39 is 17.5 Å². The van der Waals surface area contributed by atoms with Gasteiger partial charge in [-0.15, -0.1) is 0 Å². The molecule has 1 aliphatic carbocycles. The lowest BCUT2D eigenvalue weighted by atomic mass is 10.0. The number of rotatable bonds is 12. The number of nitrogens with one attached hydrogen (secondary N) is 1. The fraction of sp³-hybridized carbons (Fsp3) is 0.533. The number of carbonyl (C=O) groups is 1. The van der Waals surface area contributed by atoms with Crippen molar-refractivity contribution >= 4 is 16.9 Å². The van der Waals surface area contributed by atoms with E-state index in [2.05, 4.69) is 35.0 Å². The first kappa shape index (κ1) is 27.2. The van der Waals surface area contributed by atoms with E-state index in [1.165, 1.54) is 37.7 Å². The van der Waals surface area contributed by atoms with Gasteiger partial charge in [0, 0.05) is 19.6 Å². The SMILES string of the molecule is CCCn1c(CN(CC(C)C)C(=O)c2cc(F)ccc2F)nc2cc(CNCCC3CCCC3)ccc21. The smallest absolute Gasteiger partial charge is 0.257 e. The largest absolute Gasteiger partial charge is 0.331 e. The topological polar surface area (TPSA) is 50.2 Å². The van der Waals surface area contributed by atoms with Crippen molar-refractivity contribution in [1.29, 1.82) is 0 Å². The number of halogens is 2. The maximum absolute atomic E-state index is 14.4. The lowest BCUT2D eigenvalue weighted by Gasteiger charge is -2.25. The van der Waals surface area contributed by atoms with Crippen LogP contribution >= 0.6 is 0 Å². The van der Waals surface area contributed by atoms with Crippen LogP contribution in [0.2, 0.25) is 0 Å². The molecule has 0 spiro atoms. The molecule has 1 heterocycles. The number of carbonyl (C=O) groups excluding carboxylic acids is 1. The first-order valence-electron chi connectivity index (χ1n) is 13.8. The van der Waals surface area contributed by atoms with Gasteiger partial charge in [-0.1, -0.05) is 52.5 Å². The van der Waals surface area contributed by atoms with Gasteiger partial charge in [0.15, 0.2) is 0 Å². The number of imidazole rings is 1. The van der Waals surface area contributed by atoms with Crippen molar-refractivity contribution in [3.05, 3.63) is 65.0 Å². The highest BCUT2D eigenvalue weighted by Gasteiger charge is 2.24. The minimum Gasteiger partial charge on any atom is -0.331 e. The van der Waals surface area contributed by atoms with E-state index in [1.54, 1.807) is 4.90 Å². The molecule has 1 aromatic heterocycles. The quantitative estimate of drug-likeness (QED) is 0.276. The normalized spacial score (nSPS) is 14.2. The Labute approximate surface area is 219 Å². The van der Waals surface area contributed by atoms with Crippen molar-refractivity contribution in [2.75, 3.05) is 13.1 Å². The second kappa shape index (κ2) is 12.6. The van der Waals surface area contributed by atoms with Gasteiger partial charge in [-0.05, 0) is 67.1 Å². The average molecular weight is 511 g/mol. The zero-order valence-corrected chi connectivity index (χ0v) is 22.4. The van der Waals surface area contributed by atoms with Crippen LogP contribution in [0.25, 0.3) is 11.0 Å². The summed E-state index contributed by atoms with van der Waals surface area (Å²) >= 11 is 0. The van der Waals surface area contributed by atoms with E-state index in [0.717, 1.165) is 67.0 Å². The van der Waals surface area contributed by atoms with Crippen LogP contribution in [0, 0.1) is 23.5 Å². The number of aromatic nitrogens is 2. The minimum absolute atomic E-state index is 0.159. The summed E-state index contributed by atoms with van der Waals surface area (Å²) in [6.45, 7) is 9.36. The Kier molecular flexibility index (Phi) is 9.30. The molecule has 0 saturated heterocycles. The van der Waals surface area contributed by atoms with Crippen molar-refractivity contribution in [3.63, 3.8) is 0 Å². The molecule has 37 heavy (non-hydrogen) atoms. The molecule has 0 unspecified atom stereocenters. The van der Waals surface area contributed by atoms with E-state index in [9.17, 15) is 13.6 Å². The highest BCUT2D eigenvalue weighted by Crippen LogP contribution is 2.27. The third-order valence-corrected chi connectivity index (χ3v) is 7.24. The fourth-order valence-corrected chi connectivity index (χ4v) is 5.43. The third-order valence-electron chi connectivity index (χ3n) is 7.24. The van der Waals surface area contributed by atoms with Gasteiger partial charge in [0.05, 0.1) is 23.1 Å². The summed E-state index contributed by atoms with van der Waals surface area (Å²) < 4.78 is 30.4. The molecule has 200 valence electrons. The minimum atomic E-state index is -0.715. The van der Waals surface area contributed by atoms with Crippen molar-refractivity contribution in [1.82, 2.24) is 19.8 Å². The van der Waals surface area contributed by atoms with Crippen LogP contribution in [0.4, 0.5) is 8.78 Å². The summed E-state index contributed by atoms with van der Waals surface area (Å²) in [4.78, 5) is 19.8. The number of amides is 1. The Morgan fingerprint density at radius 3 is 2.68 bits per heavy atom. The molecule has 0 atom stereocenters. The Morgan fingerprint density at radius 2 is 1.95 bits per heavy atom. The monoisotopic (exact) mass is 510 g/mol. The highest BCUT2D eigenvalue weighted by atomic mass is 19.1. The second-order valence-corrected chi connectivity index (χ2v) is 10.8. The molecule has 3 aromatic rings. The van der Waals surface area contributed by atoms with E-state index in [-0.39, 0.29) is 18.0 Å². The molecular weight excluding hydrogens is 470 g/mol. The fourth-order valence-electron chi connectivity index (χ4n) is 5.43. The van der Waals surface area contributed by atoms with Gasteiger partial charge >= 0.3 is 0 Å². The number of nitrogens with zero attached hydrogens (tertiary/aromatic N) is 3. The van der Waals surface area contributed by atoms with E-state index >= 15 is 0 Å². The van der Waals surface area contributed by atoms with Gasteiger partial charge < -0.3 is 14.8 Å². The predicted octanol–water partition coefficient (Wildman–Crippen LogP) is 6.69. The maximum Gasteiger partial charge on any atom is 0.257 e. The summed E-state index contributed by atoms with van der Waals surface area (Å²) in [5.41, 5.74) is 2.86. The Balaban J connectivity index is 1.54. The lowest BCUT2D eigenvalue weighted by Crippen LogP contribution is -2.35. The zero-order valence-electron chi connectivity index (χ0n) is 22.4. The van der Waals surface area contributed by atoms with Crippen LogP contribution < -0.4 is 5.32 Å². The number of fused-ring (bicyclic) bond motifs is 1. The van der Waals surface area contributed by atoms with Crippen molar-refractivity contribution in [2.45, 2.75) is 78.9 Å². The summed E-state index contributed by atoms with van der Waals surface area (Å²) in [5.74, 6) is -0.0720. The molecular formula is C30H40F2N4O. The van der Waals surface area contributed by atoms with Gasteiger partial charge in [-0.25, -0.2) is 13.8 Å².